The van der Waals surface area contributed by atoms with Gasteiger partial charge in [0.25, 0.3) is 0 Å². The van der Waals surface area contributed by atoms with Crippen molar-refractivity contribution in [1.82, 2.24) is 19.7 Å². The highest BCUT2D eigenvalue weighted by Crippen LogP contribution is 2.64. The molecule has 182 valence electrons. The Morgan fingerprint density at radius 3 is 2.75 bits per heavy atom. The van der Waals surface area contributed by atoms with Gasteiger partial charge in [-0.05, 0) is 69.0 Å². The third kappa shape index (κ3) is 2.96. The largest absolute Gasteiger partial charge is 0.482 e. The van der Waals surface area contributed by atoms with Crippen molar-refractivity contribution in [3.05, 3.63) is 76.7 Å². The second-order valence-corrected chi connectivity index (χ2v) is 10.1. The van der Waals surface area contributed by atoms with Crippen molar-refractivity contribution in [2.24, 2.45) is 0 Å². The molecule has 8 heteroatoms. The fourth-order valence-corrected chi connectivity index (χ4v) is 6.14. The number of ether oxygens (including phenoxy) is 1. The monoisotopic (exact) mass is 485 g/mol. The van der Waals surface area contributed by atoms with Crippen molar-refractivity contribution in [2.45, 2.75) is 57.1 Å². The van der Waals surface area contributed by atoms with Crippen molar-refractivity contribution < 1.29 is 13.5 Å². The third-order valence-corrected chi connectivity index (χ3v) is 8.02. The molecule has 2 bridgehead atoms. The molecule has 1 aliphatic heterocycles. The van der Waals surface area contributed by atoms with Gasteiger partial charge in [-0.1, -0.05) is 6.07 Å². The molecule has 2 atom stereocenters. The number of nitrogens with two attached hydrogens (primary N) is 1. The van der Waals surface area contributed by atoms with E-state index in [2.05, 4.69) is 16.9 Å². The number of benzene rings is 1. The molecule has 36 heavy (non-hydrogen) atoms. The van der Waals surface area contributed by atoms with Gasteiger partial charge in [-0.15, -0.1) is 0 Å². The minimum atomic E-state index is -0.586. The van der Waals surface area contributed by atoms with Gasteiger partial charge in [0.15, 0.2) is 11.6 Å². The van der Waals surface area contributed by atoms with E-state index in [1.807, 2.05) is 23.7 Å². The van der Waals surface area contributed by atoms with Crippen LogP contribution in [0.1, 0.15) is 67.5 Å². The molecule has 2 N–H and O–H groups in total. The molecule has 1 spiro atoms. The molecule has 3 aromatic heterocycles. The van der Waals surface area contributed by atoms with Crippen LogP contribution < -0.4 is 10.5 Å². The van der Waals surface area contributed by atoms with Crippen LogP contribution in [0.25, 0.3) is 22.5 Å². The molecule has 1 aromatic carbocycles. The number of pyridine rings is 2. The minimum absolute atomic E-state index is 0.0283. The van der Waals surface area contributed by atoms with E-state index in [-0.39, 0.29) is 17.2 Å². The molecule has 0 amide bonds. The molecule has 0 radical (unpaired) electrons. The molecule has 0 saturated heterocycles. The average Bonchev–Trinajstić information content (AvgIpc) is 3.44. The summed E-state index contributed by atoms with van der Waals surface area (Å²) in [6.45, 7) is 4.59. The van der Waals surface area contributed by atoms with Gasteiger partial charge in [0, 0.05) is 46.3 Å². The number of halogens is 2. The van der Waals surface area contributed by atoms with Crippen molar-refractivity contribution in [3.8, 4) is 28.3 Å². The van der Waals surface area contributed by atoms with E-state index < -0.39 is 17.9 Å². The quantitative estimate of drug-likeness (QED) is 0.339. The molecule has 1 saturated carbocycles. The van der Waals surface area contributed by atoms with Crippen LogP contribution in [0.4, 0.5) is 14.6 Å². The first-order valence-electron chi connectivity index (χ1n) is 12.4. The normalized spacial score (nSPS) is 20.6. The van der Waals surface area contributed by atoms with Gasteiger partial charge in [-0.2, -0.15) is 9.49 Å². The number of anilines is 1. The van der Waals surface area contributed by atoms with E-state index in [1.54, 1.807) is 12.3 Å². The molecule has 3 aliphatic rings. The standard InChI is InChI=1S/C28H25F2N5O/c1-3-35-25-15-10-21(27(31)32-13-15)36-14(2)19-11-16(29)4-5-17(19)24-18(6-7-22(30)33-24)20-12-28(8-9-28)26(34-35)23(20)25/h4-7,10-11,13-14,20H,3,8-9,12H2,1-2H3,(H2,31,32)/t14-,20-/m1/s1. The van der Waals surface area contributed by atoms with E-state index in [9.17, 15) is 8.78 Å². The number of fused-ring (bicyclic) bond motifs is 8. The summed E-state index contributed by atoms with van der Waals surface area (Å²) in [6.07, 6.45) is 4.22. The van der Waals surface area contributed by atoms with E-state index in [1.165, 1.54) is 18.2 Å². The predicted octanol–water partition coefficient (Wildman–Crippen LogP) is 5.91. The maximum absolute atomic E-state index is 14.6. The Bertz CT molecular complexity index is 1560. The van der Waals surface area contributed by atoms with Crippen LogP contribution in [0.3, 0.4) is 0 Å². The van der Waals surface area contributed by atoms with Crippen molar-refractivity contribution >= 4 is 5.82 Å². The fraction of sp³-hybridized carbons (Fsp3) is 0.321. The van der Waals surface area contributed by atoms with Crippen LogP contribution >= 0.6 is 0 Å². The highest BCUT2D eigenvalue weighted by atomic mass is 19.1. The summed E-state index contributed by atoms with van der Waals surface area (Å²) in [5.74, 6) is -0.348. The Hall–Kier alpha value is -3.81. The molecular formula is C28H25F2N5O. The van der Waals surface area contributed by atoms with Gasteiger partial charge in [0.2, 0.25) is 5.95 Å². The van der Waals surface area contributed by atoms with Gasteiger partial charge >= 0.3 is 0 Å². The number of aromatic nitrogens is 4. The summed E-state index contributed by atoms with van der Waals surface area (Å²) in [7, 11) is 0. The van der Waals surface area contributed by atoms with Crippen molar-refractivity contribution in [3.63, 3.8) is 0 Å². The Kier molecular flexibility index (Phi) is 4.38. The lowest BCUT2D eigenvalue weighted by molar-refractivity contribution is 0.227. The highest BCUT2D eigenvalue weighted by Gasteiger charge is 2.56. The first kappa shape index (κ1) is 21.5. The molecule has 0 unspecified atom stereocenters. The van der Waals surface area contributed by atoms with Crippen LogP contribution in [0.15, 0.2) is 42.6 Å². The number of hydrogen-bond acceptors (Lipinski definition) is 5. The minimum Gasteiger partial charge on any atom is -0.482 e. The van der Waals surface area contributed by atoms with E-state index in [0.29, 0.717) is 29.1 Å². The zero-order valence-corrected chi connectivity index (χ0v) is 20.1. The van der Waals surface area contributed by atoms with Crippen LogP contribution in [-0.4, -0.2) is 19.7 Å². The predicted molar refractivity (Wildman–Crippen MR) is 132 cm³/mol. The lowest BCUT2D eigenvalue weighted by atomic mass is 9.86. The Morgan fingerprint density at radius 1 is 1.14 bits per heavy atom. The van der Waals surface area contributed by atoms with Gasteiger partial charge in [-0.3, -0.25) is 4.68 Å². The summed E-state index contributed by atoms with van der Waals surface area (Å²) in [5, 5.41) is 5.09. The van der Waals surface area contributed by atoms with Gasteiger partial charge in [0.1, 0.15) is 11.9 Å². The Balaban J connectivity index is 1.60. The van der Waals surface area contributed by atoms with Crippen LogP contribution in [0.5, 0.6) is 5.75 Å². The molecule has 2 aliphatic carbocycles. The van der Waals surface area contributed by atoms with E-state index in [4.69, 9.17) is 15.6 Å². The second-order valence-electron chi connectivity index (χ2n) is 10.1. The number of aryl methyl sites for hydroxylation is 1. The summed E-state index contributed by atoms with van der Waals surface area (Å²) < 4.78 is 37.4. The average molecular weight is 486 g/mol. The van der Waals surface area contributed by atoms with Crippen molar-refractivity contribution in [2.75, 3.05) is 5.73 Å². The van der Waals surface area contributed by atoms with Gasteiger partial charge < -0.3 is 10.5 Å². The van der Waals surface area contributed by atoms with Crippen molar-refractivity contribution in [1.29, 1.82) is 0 Å². The van der Waals surface area contributed by atoms with Crippen LogP contribution in [0.2, 0.25) is 0 Å². The SMILES string of the molecule is CCn1nc2c3c1-c1cnc(N)c(c1)O[C@H](C)c1cc(F)ccc1-c1nc(F)ccc1[C@H]3CC21CC1. The van der Waals surface area contributed by atoms with E-state index >= 15 is 0 Å². The smallest absolute Gasteiger partial charge is 0.213 e. The highest BCUT2D eigenvalue weighted by molar-refractivity contribution is 5.76. The lowest BCUT2D eigenvalue weighted by Crippen LogP contribution is -2.13. The number of rotatable bonds is 1. The fourth-order valence-electron chi connectivity index (χ4n) is 6.14. The Morgan fingerprint density at radius 2 is 1.97 bits per heavy atom. The van der Waals surface area contributed by atoms with Crippen LogP contribution in [-0.2, 0) is 12.0 Å². The summed E-state index contributed by atoms with van der Waals surface area (Å²) in [5.41, 5.74) is 13.0. The first-order valence-corrected chi connectivity index (χ1v) is 12.4. The zero-order chi connectivity index (χ0) is 24.8. The molecule has 4 heterocycles. The number of nitrogens with zero attached hydrogens (tertiary/aromatic N) is 4. The third-order valence-electron chi connectivity index (χ3n) is 8.02. The second kappa shape index (κ2) is 7.35. The molecular weight excluding hydrogens is 460 g/mol. The molecule has 7 rings (SSSR count). The Labute approximate surface area is 207 Å². The molecule has 6 nitrogen and oxygen atoms in total. The zero-order valence-electron chi connectivity index (χ0n) is 20.1. The topological polar surface area (TPSA) is 78.9 Å². The van der Waals surface area contributed by atoms with E-state index in [0.717, 1.165) is 47.3 Å². The summed E-state index contributed by atoms with van der Waals surface area (Å²) in [6, 6.07) is 9.63. The molecule has 4 aromatic rings. The summed E-state index contributed by atoms with van der Waals surface area (Å²) in [4.78, 5) is 8.82. The molecule has 1 fully saturated rings. The van der Waals surface area contributed by atoms with Gasteiger partial charge in [0.05, 0.1) is 17.1 Å². The summed E-state index contributed by atoms with van der Waals surface area (Å²) >= 11 is 0. The lowest BCUT2D eigenvalue weighted by Gasteiger charge is -2.24. The number of nitrogen functional groups attached to an aromatic ring is 1. The first-order chi connectivity index (χ1) is 17.4. The number of hydrogen-bond donors (Lipinski definition) is 1. The van der Waals surface area contributed by atoms with Gasteiger partial charge in [-0.25, -0.2) is 14.4 Å². The maximum Gasteiger partial charge on any atom is 0.213 e. The maximum atomic E-state index is 14.6. The van der Waals surface area contributed by atoms with Crippen LogP contribution in [0, 0.1) is 11.8 Å².